The van der Waals surface area contributed by atoms with Crippen molar-refractivity contribution in [1.29, 1.82) is 0 Å². The van der Waals surface area contributed by atoms with Crippen molar-refractivity contribution in [2.75, 3.05) is 32.4 Å². The molecule has 0 saturated carbocycles. The second-order valence-corrected chi connectivity index (χ2v) is 9.25. The van der Waals surface area contributed by atoms with Crippen LogP contribution in [0.5, 0.6) is 0 Å². The summed E-state index contributed by atoms with van der Waals surface area (Å²) in [4.78, 5) is 2.22. The summed E-state index contributed by atoms with van der Waals surface area (Å²) in [5, 5.41) is 0.976. The van der Waals surface area contributed by atoms with Gasteiger partial charge in [-0.25, -0.2) is 17.1 Å². The molecule has 0 bridgehead atoms. The summed E-state index contributed by atoms with van der Waals surface area (Å²) < 4.78 is 44.5. The molecule has 1 aliphatic rings. The summed E-state index contributed by atoms with van der Waals surface area (Å²) in [6, 6.07) is 14.4. The Morgan fingerprint density at radius 2 is 1.79 bits per heavy atom. The zero-order chi connectivity index (χ0) is 19.7. The van der Waals surface area contributed by atoms with E-state index in [1.54, 1.807) is 6.07 Å². The van der Waals surface area contributed by atoms with Gasteiger partial charge in [0.1, 0.15) is 17.2 Å². The predicted molar refractivity (Wildman–Crippen MR) is 115 cm³/mol. The fourth-order valence-corrected chi connectivity index (χ4v) is 4.56. The number of hydrogen-bond acceptors (Lipinski definition) is 4. The molecule has 0 aliphatic carbocycles. The van der Waals surface area contributed by atoms with Crippen molar-refractivity contribution in [1.82, 2.24) is 9.21 Å². The van der Waals surface area contributed by atoms with Crippen LogP contribution in [0.3, 0.4) is 0 Å². The average molecular weight is 439 g/mol. The molecule has 1 aromatic heterocycles. The number of halogens is 2. The molecule has 2 aromatic carbocycles. The lowest BCUT2D eigenvalue weighted by Crippen LogP contribution is -2.34. The van der Waals surface area contributed by atoms with E-state index in [2.05, 4.69) is 4.90 Å². The lowest BCUT2D eigenvalue weighted by atomic mass is 10.0. The Hall–Kier alpha value is -1.93. The van der Waals surface area contributed by atoms with E-state index in [-0.39, 0.29) is 18.2 Å². The van der Waals surface area contributed by atoms with Gasteiger partial charge in [0.25, 0.3) is 0 Å². The second-order valence-electron chi connectivity index (χ2n) is 7.27. The van der Waals surface area contributed by atoms with Crippen LogP contribution in [0.2, 0.25) is 0 Å². The normalized spacial score (nSPS) is 16.5. The standard InChI is InChI=1S/C21H23FN2O3S.ClH/c1-28(25,26)24-9-3-8-23(10-11-24)15-20-14-18-12-17(6-7-21(18)27-20)16-4-2-5-19(22)13-16;/h2,4-7,12-14H,3,8-11,15H2,1H3;1H. The quantitative estimate of drug-likeness (QED) is 0.614. The van der Waals surface area contributed by atoms with Gasteiger partial charge in [-0.2, -0.15) is 0 Å². The van der Waals surface area contributed by atoms with Gasteiger partial charge in [-0.15, -0.1) is 12.4 Å². The van der Waals surface area contributed by atoms with E-state index < -0.39 is 10.0 Å². The van der Waals surface area contributed by atoms with Gasteiger partial charge in [0, 0.05) is 25.0 Å². The molecule has 4 rings (SSSR count). The van der Waals surface area contributed by atoms with Crippen LogP contribution in [0.4, 0.5) is 4.39 Å². The summed E-state index contributed by atoms with van der Waals surface area (Å²) >= 11 is 0. The Bertz CT molecular complexity index is 1100. The van der Waals surface area contributed by atoms with Crippen LogP contribution in [0.1, 0.15) is 12.2 Å². The number of sulfonamides is 1. The summed E-state index contributed by atoms with van der Waals surface area (Å²) in [6.45, 7) is 3.22. The van der Waals surface area contributed by atoms with Gasteiger partial charge in [0.15, 0.2) is 0 Å². The van der Waals surface area contributed by atoms with Gasteiger partial charge < -0.3 is 4.42 Å². The topological polar surface area (TPSA) is 53.8 Å². The van der Waals surface area contributed by atoms with E-state index in [1.165, 1.54) is 22.7 Å². The molecule has 1 saturated heterocycles. The molecule has 156 valence electrons. The van der Waals surface area contributed by atoms with Crippen LogP contribution in [-0.4, -0.2) is 50.1 Å². The fraction of sp³-hybridized carbons (Fsp3) is 0.333. The molecule has 29 heavy (non-hydrogen) atoms. The second kappa shape index (κ2) is 8.83. The largest absolute Gasteiger partial charge is 0.460 e. The lowest BCUT2D eigenvalue weighted by molar-refractivity contribution is 0.258. The average Bonchev–Trinajstić information content (AvgIpc) is 2.88. The van der Waals surface area contributed by atoms with E-state index in [1.807, 2.05) is 30.3 Å². The van der Waals surface area contributed by atoms with Crippen LogP contribution in [0, 0.1) is 5.82 Å². The molecule has 3 aromatic rings. The van der Waals surface area contributed by atoms with Gasteiger partial charge in [-0.1, -0.05) is 18.2 Å². The highest BCUT2D eigenvalue weighted by Gasteiger charge is 2.22. The zero-order valence-corrected chi connectivity index (χ0v) is 17.8. The molecule has 0 unspecified atom stereocenters. The highest BCUT2D eigenvalue weighted by Crippen LogP contribution is 2.28. The first-order chi connectivity index (χ1) is 13.4. The van der Waals surface area contributed by atoms with E-state index in [0.29, 0.717) is 26.2 Å². The highest BCUT2D eigenvalue weighted by atomic mass is 35.5. The number of hydrogen-bond donors (Lipinski definition) is 0. The lowest BCUT2D eigenvalue weighted by Gasteiger charge is -2.19. The monoisotopic (exact) mass is 438 g/mol. The maximum absolute atomic E-state index is 13.5. The van der Waals surface area contributed by atoms with Crippen LogP contribution < -0.4 is 0 Å². The van der Waals surface area contributed by atoms with E-state index in [4.69, 9.17) is 4.42 Å². The van der Waals surface area contributed by atoms with Crippen molar-refractivity contribution in [3.05, 3.63) is 60.1 Å². The molecular formula is C21H24ClFN2O3S. The Balaban J connectivity index is 0.00000240. The Morgan fingerprint density at radius 1 is 1.00 bits per heavy atom. The smallest absolute Gasteiger partial charge is 0.211 e. The van der Waals surface area contributed by atoms with Gasteiger partial charge >= 0.3 is 0 Å². The zero-order valence-electron chi connectivity index (χ0n) is 16.2. The molecule has 1 aliphatic heterocycles. The number of furan rings is 1. The third-order valence-electron chi connectivity index (χ3n) is 5.12. The number of nitrogens with zero attached hydrogens (tertiary/aromatic N) is 2. The number of rotatable bonds is 4. The van der Waals surface area contributed by atoms with Crippen molar-refractivity contribution in [3.8, 4) is 11.1 Å². The Kier molecular flexibility index (Phi) is 6.63. The van der Waals surface area contributed by atoms with Crippen molar-refractivity contribution in [2.24, 2.45) is 0 Å². The van der Waals surface area contributed by atoms with Gasteiger partial charge in [-0.05, 0) is 54.4 Å². The molecule has 0 amide bonds. The molecule has 8 heteroatoms. The maximum atomic E-state index is 13.5. The molecular weight excluding hydrogens is 415 g/mol. The van der Waals surface area contributed by atoms with Gasteiger partial charge in [0.05, 0.1) is 12.8 Å². The van der Waals surface area contributed by atoms with Gasteiger partial charge in [0.2, 0.25) is 10.0 Å². The maximum Gasteiger partial charge on any atom is 0.211 e. The van der Waals surface area contributed by atoms with Crippen LogP contribution in [0.15, 0.2) is 52.9 Å². The minimum Gasteiger partial charge on any atom is -0.460 e. The molecule has 0 N–H and O–H groups in total. The van der Waals surface area contributed by atoms with Crippen molar-refractivity contribution in [2.45, 2.75) is 13.0 Å². The highest BCUT2D eigenvalue weighted by molar-refractivity contribution is 7.88. The van der Waals surface area contributed by atoms with Crippen molar-refractivity contribution >= 4 is 33.4 Å². The Labute approximate surface area is 176 Å². The molecule has 0 radical (unpaired) electrons. The van der Waals surface area contributed by atoms with E-state index >= 15 is 0 Å². The van der Waals surface area contributed by atoms with Crippen LogP contribution in [-0.2, 0) is 16.6 Å². The fourth-order valence-electron chi connectivity index (χ4n) is 3.68. The molecule has 2 heterocycles. The summed E-state index contributed by atoms with van der Waals surface area (Å²) in [5.74, 6) is 0.592. The van der Waals surface area contributed by atoms with E-state index in [9.17, 15) is 12.8 Å². The van der Waals surface area contributed by atoms with Gasteiger partial charge in [-0.3, -0.25) is 4.90 Å². The first-order valence-corrected chi connectivity index (χ1v) is 11.2. The first-order valence-electron chi connectivity index (χ1n) is 9.34. The molecule has 1 fully saturated rings. The minimum absolute atomic E-state index is 0. The summed E-state index contributed by atoms with van der Waals surface area (Å²) in [5.41, 5.74) is 2.57. The van der Waals surface area contributed by atoms with Crippen molar-refractivity contribution < 1.29 is 17.2 Å². The SMILES string of the molecule is CS(=O)(=O)N1CCCN(Cc2cc3cc(-c4cccc(F)c4)ccc3o2)CC1.Cl. The third-order valence-corrected chi connectivity index (χ3v) is 6.42. The van der Waals surface area contributed by atoms with Crippen LogP contribution in [0.25, 0.3) is 22.1 Å². The van der Waals surface area contributed by atoms with Crippen LogP contribution >= 0.6 is 12.4 Å². The Morgan fingerprint density at radius 3 is 2.55 bits per heavy atom. The first kappa shape index (κ1) is 21.8. The molecule has 0 atom stereocenters. The summed E-state index contributed by atoms with van der Waals surface area (Å²) in [7, 11) is -3.14. The number of benzene rings is 2. The summed E-state index contributed by atoms with van der Waals surface area (Å²) in [6.07, 6.45) is 2.06. The molecule has 0 spiro atoms. The predicted octanol–water partition coefficient (Wildman–Crippen LogP) is 4.13. The van der Waals surface area contributed by atoms with Crippen molar-refractivity contribution in [3.63, 3.8) is 0 Å². The minimum atomic E-state index is -3.14. The third kappa shape index (κ3) is 5.17. The molecule has 5 nitrogen and oxygen atoms in total. The van der Waals surface area contributed by atoms with E-state index in [0.717, 1.165) is 40.8 Å². The number of fused-ring (bicyclic) bond motifs is 1.